The Kier molecular flexibility index (Phi) is 6.82. The zero-order valence-corrected chi connectivity index (χ0v) is 12.4. The fourth-order valence-corrected chi connectivity index (χ4v) is 3.11. The molecule has 0 aliphatic carbocycles. The molecule has 19 heavy (non-hydrogen) atoms. The Bertz CT molecular complexity index is 448. The van der Waals surface area contributed by atoms with Gasteiger partial charge in [-0.05, 0) is 13.3 Å². The van der Waals surface area contributed by atoms with Crippen LogP contribution in [0.2, 0.25) is 0 Å². The lowest BCUT2D eigenvalue weighted by molar-refractivity contribution is -0.118. The number of amides is 1. The van der Waals surface area contributed by atoms with Crippen molar-refractivity contribution in [3.63, 3.8) is 0 Å². The van der Waals surface area contributed by atoms with E-state index in [0.717, 1.165) is 17.8 Å². The molecule has 2 N–H and O–H groups in total. The van der Waals surface area contributed by atoms with Gasteiger partial charge in [0.25, 0.3) is 0 Å². The Morgan fingerprint density at radius 1 is 1.53 bits per heavy atom. The SMILES string of the molecule is COCCCNC(=O)CSc1nc(C)c(C(=O)O)s1. The predicted molar refractivity (Wildman–Crippen MR) is 74.0 cm³/mol. The van der Waals surface area contributed by atoms with Crippen LogP contribution in [0.5, 0.6) is 0 Å². The van der Waals surface area contributed by atoms with Crippen LogP contribution in [0.4, 0.5) is 0 Å². The van der Waals surface area contributed by atoms with Crippen molar-refractivity contribution in [3.8, 4) is 0 Å². The van der Waals surface area contributed by atoms with E-state index in [1.807, 2.05) is 0 Å². The summed E-state index contributed by atoms with van der Waals surface area (Å²) in [6, 6.07) is 0. The van der Waals surface area contributed by atoms with Crippen LogP contribution in [0.25, 0.3) is 0 Å². The average Bonchev–Trinajstić information content (AvgIpc) is 2.74. The number of thiazole rings is 1. The molecule has 0 saturated carbocycles. The molecule has 0 unspecified atom stereocenters. The molecule has 0 saturated heterocycles. The third kappa shape index (κ3) is 5.58. The van der Waals surface area contributed by atoms with Crippen molar-refractivity contribution in [1.29, 1.82) is 0 Å². The highest BCUT2D eigenvalue weighted by Gasteiger charge is 2.14. The molecule has 106 valence electrons. The minimum Gasteiger partial charge on any atom is -0.477 e. The van der Waals surface area contributed by atoms with Crippen LogP contribution in [0, 0.1) is 6.92 Å². The number of thioether (sulfide) groups is 1. The third-order valence-corrected chi connectivity index (χ3v) is 4.43. The normalized spacial score (nSPS) is 10.4. The van der Waals surface area contributed by atoms with Gasteiger partial charge in [0.1, 0.15) is 4.88 Å². The minimum atomic E-state index is -0.981. The lowest BCUT2D eigenvalue weighted by Crippen LogP contribution is -2.26. The number of carboxylic acids is 1. The number of hydrogen-bond acceptors (Lipinski definition) is 6. The van der Waals surface area contributed by atoms with Gasteiger partial charge < -0.3 is 15.2 Å². The number of carbonyl (C=O) groups is 2. The zero-order valence-electron chi connectivity index (χ0n) is 10.8. The molecule has 0 bridgehead atoms. The fraction of sp³-hybridized carbons (Fsp3) is 0.545. The number of nitrogens with one attached hydrogen (secondary N) is 1. The molecule has 0 fully saturated rings. The molecule has 0 radical (unpaired) electrons. The summed E-state index contributed by atoms with van der Waals surface area (Å²) in [7, 11) is 1.61. The van der Waals surface area contributed by atoms with Crippen molar-refractivity contribution in [2.45, 2.75) is 17.7 Å². The molecule has 0 spiro atoms. The number of aromatic carboxylic acids is 1. The Morgan fingerprint density at radius 2 is 2.26 bits per heavy atom. The van der Waals surface area contributed by atoms with Gasteiger partial charge in [0, 0.05) is 20.3 Å². The molecule has 1 aromatic rings. The summed E-state index contributed by atoms with van der Waals surface area (Å²) in [5, 5.41) is 11.6. The standard InChI is InChI=1S/C11H16N2O4S2/c1-7-9(10(15)16)19-11(13-7)18-6-8(14)12-4-3-5-17-2/h3-6H2,1-2H3,(H,12,14)(H,15,16). The number of nitrogens with zero attached hydrogens (tertiary/aromatic N) is 1. The summed E-state index contributed by atoms with van der Waals surface area (Å²) >= 11 is 2.34. The Labute approximate surface area is 119 Å². The van der Waals surface area contributed by atoms with Crippen molar-refractivity contribution >= 4 is 35.0 Å². The zero-order chi connectivity index (χ0) is 14.3. The second-order valence-electron chi connectivity index (χ2n) is 3.68. The molecule has 0 aliphatic heterocycles. The number of hydrogen-bond donors (Lipinski definition) is 2. The Hall–Kier alpha value is -1.12. The van der Waals surface area contributed by atoms with Gasteiger partial charge in [0.15, 0.2) is 4.34 Å². The van der Waals surface area contributed by atoms with Crippen LogP contribution in [0.3, 0.4) is 0 Å². The molecule has 0 aromatic carbocycles. The molecule has 0 atom stereocenters. The molecule has 8 heteroatoms. The first-order valence-electron chi connectivity index (χ1n) is 5.63. The monoisotopic (exact) mass is 304 g/mol. The second kappa shape index (κ2) is 8.13. The van der Waals surface area contributed by atoms with Gasteiger partial charge >= 0.3 is 5.97 Å². The van der Waals surface area contributed by atoms with E-state index in [4.69, 9.17) is 9.84 Å². The fourth-order valence-electron chi connectivity index (χ4n) is 1.25. The molecule has 1 amide bonds. The number of carboxylic acid groups (broad SMARTS) is 1. The minimum absolute atomic E-state index is 0.0918. The highest BCUT2D eigenvalue weighted by Crippen LogP contribution is 2.26. The smallest absolute Gasteiger partial charge is 0.347 e. The van der Waals surface area contributed by atoms with Gasteiger partial charge in [0.05, 0.1) is 11.4 Å². The van der Waals surface area contributed by atoms with Gasteiger partial charge in [-0.15, -0.1) is 11.3 Å². The van der Waals surface area contributed by atoms with Gasteiger partial charge in [0.2, 0.25) is 5.91 Å². The Balaban J connectivity index is 2.34. The highest BCUT2D eigenvalue weighted by atomic mass is 32.2. The highest BCUT2D eigenvalue weighted by molar-refractivity contribution is 8.01. The van der Waals surface area contributed by atoms with Gasteiger partial charge in [-0.2, -0.15) is 0 Å². The van der Waals surface area contributed by atoms with E-state index in [1.165, 1.54) is 11.8 Å². The quantitative estimate of drug-likeness (QED) is 0.557. The van der Waals surface area contributed by atoms with E-state index in [0.29, 0.717) is 23.2 Å². The summed E-state index contributed by atoms with van der Waals surface area (Å²) in [5.41, 5.74) is 0.487. The van der Waals surface area contributed by atoms with E-state index in [9.17, 15) is 9.59 Å². The van der Waals surface area contributed by atoms with E-state index in [2.05, 4.69) is 10.3 Å². The molecule has 1 heterocycles. The maximum Gasteiger partial charge on any atom is 0.347 e. The molecular formula is C11H16N2O4S2. The summed E-state index contributed by atoms with van der Waals surface area (Å²) < 4.78 is 5.47. The molecule has 0 aliphatic rings. The number of aromatic nitrogens is 1. The average molecular weight is 304 g/mol. The number of aryl methyl sites for hydroxylation is 1. The molecule has 6 nitrogen and oxygen atoms in total. The second-order valence-corrected chi connectivity index (χ2v) is 5.91. The van der Waals surface area contributed by atoms with E-state index >= 15 is 0 Å². The van der Waals surface area contributed by atoms with Gasteiger partial charge in [-0.25, -0.2) is 9.78 Å². The maximum atomic E-state index is 11.5. The number of ether oxygens (including phenoxy) is 1. The molecule has 1 aromatic heterocycles. The van der Waals surface area contributed by atoms with E-state index in [1.54, 1.807) is 14.0 Å². The van der Waals surface area contributed by atoms with Crippen LogP contribution < -0.4 is 5.32 Å². The van der Waals surface area contributed by atoms with Crippen molar-refractivity contribution in [2.75, 3.05) is 26.0 Å². The van der Waals surface area contributed by atoms with E-state index < -0.39 is 5.97 Å². The number of carbonyl (C=O) groups excluding carboxylic acids is 1. The van der Waals surface area contributed by atoms with E-state index in [-0.39, 0.29) is 16.5 Å². The van der Waals surface area contributed by atoms with Crippen LogP contribution in [0.1, 0.15) is 21.8 Å². The number of rotatable bonds is 8. The summed E-state index contributed by atoms with van der Waals surface area (Å²) in [4.78, 5) is 26.7. The summed E-state index contributed by atoms with van der Waals surface area (Å²) in [6.07, 6.45) is 0.770. The van der Waals surface area contributed by atoms with Crippen molar-refractivity contribution < 1.29 is 19.4 Å². The summed E-state index contributed by atoms with van der Waals surface area (Å²) in [5.74, 6) is -0.837. The predicted octanol–water partition coefficient (Wildman–Crippen LogP) is 1.39. The van der Waals surface area contributed by atoms with Crippen LogP contribution in [-0.4, -0.2) is 48.0 Å². The van der Waals surface area contributed by atoms with Gasteiger partial charge in [-0.3, -0.25) is 4.79 Å². The number of methoxy groups -OCH3 is 1. The topological polar surface area (TPSA) is 88.5 Å². The lowest BCUT2D eigenvalue weighted by atomic mass is 10.4. The largest absolute Gasteiger partial charge is 0.477 e. The van der Waals surface area contributed by atoms with Crippen LogP contribution >= 0.6 is 23.1 Å². The lowest BCUT2D eigenvalue weighted by Gasteiger charge is -2.03. The first-order valence-corrected chi connectivity index (χ1v) is 7.44. The molecule has 1 rings (SSSR count). The maximum absolute atomic E-state index is 11.5. The van der Waals surface area contributed by atoms with Crippen molar-refractivity contribution in [2.24, 2.45) is 0 Å². The first kappa shape index (κ1) is 15.9. The van der Waals surface area contributed by atoms with Crippen LogP contribution in [0.15, 0.2) is 4.34 Å². The first-order chi connectivity index (χ1) is 9.04. The third-order valence-electron chi connectivity index (χ3n) is 2.15. The Morgan fingerprint density at radius 3 is 2.84 bits per heavy atom. The van der Waals surface area contributed by atoms with Gasteiger partial charge in [-0.1, -0.05) is 11.8 Å². The van der Waals surface area contributed by atoms with Crippen LogP contribution in [-0.2, 0) is 9.53 Å². The molecular weight excluding hydrogens is 288 g/mol. The van der Waals surface area contributed by atoms with Crippen molar-refractivity contribution in [3.05, 3.63) is 10.6 Å². The van der Waals surface area contributed by atoms with Crippen molar-refractivity contribution in [1.82, 2.24) is 10.3 Å². The summed E-state index contributed by atoms with van der Waals surface area (Å²) in [6.45, 7) is 2.83.